The van der Waals surface area contributed by atoms with E-state index in [9.17, 15) is 9.59 Å². The first-order valence-corrected chi connectivity index (χ1v) is 5.34. The highest BCUT2D eigenvalue weighted by atomic mass is 16.4. The number of hydrogen-bond acceptors (Lipinski definition) is 3. The zero-order valence-corrected chi connectivity index (χ0v) is 9.61. The van der Waals surface area contributed by atoms with Gasteiger partial charge in [-0.1, -0.05) is 13.0 Å². The largest absolute Gasteiger partial charge is 0.477 e. The van der Waals surface area contributed by atoms with Crippen molar-refractivity contribution < 1.29 is 14.3 Å². The van der Waals surface area contributed by atoms with Crippen LogP contribution in [0, 0.1) is 6.92 Å². The molecule has 0 aliphatic heterocycles. The fraction of sp³-hybridized carbons (Fsp3) is 0.231. The number of fused-ring (bicyclic) bond motifs is 1. The number of aryl methyl sites for hydroxylation is 2. The molecule has 0 unspecified atom stereocenters. The number of carbonyl (C=O) groups is 1. The summed E-state index contributed by atoms with van der Waals surface area (Å²) in [6, 6.07) is 5.43. The van der Waals surface area contributed by atoms with Gasteiger partial charge >= 0.3 is 11.6 Å². The molecule has 0 saturated carbocycles. The number of rotatable bonds is 2. The molecule has 4 heteroatoms. The van der Waals surface area contributed by atoms with Crippen LogP contribution in [0.2, 0.25) is 0 Å². The second-order valence-electron chi connectivity index (χ2n) is 3.88. The van der Waals surface area contributed by atoms with Gasteiger partial charge in [0.15, 0.2) is 0 Å². The van der Waals surface area contributed by atoms with E-state index in [1.165, 1.54) is 0 Å². The summed E-state index contributed by atoms with van der Waals surface area (Å²) in [6.45, 7) is 3.63. The molecule has 0 bridgehead atoms. The topological polar surface area (TPSA) is 67.5 Å². The molecule has 1 aromatic heterocycles. The van der Waals surface area contributed by atoms with Gasteiger partial charge < -0.3 is 9.52 Å². The van der Waals surface area contributed by atoms with E-state index in [1.807, 2.05) is 19.1 Å². The Balaban J connectivity index is 2.88. The number of carboxylic acids is 1. The Hall–Kier alpha value is -2.10. The van der Waals surface area contributed by atoms with Gasteiger partial charge in [0, 0.05) is 5.39 Å². The van der Waals surface area contributed by atoms with Crippen LogP contribution in [0.1, 0.15) is 28.4 Å². The van der Waals surface area contributed by atoms with Crippen LogP contribution >= 0.6 is 0 Å². The maximum atomic E-state index is 11.5. The molecule has 0 saturated heterocycles. The van der Waals surface area contributed by atoms with Gasteiger partial charge in [0.25, 0.3) is 0 Å². The number of hydrogen-bond donors (Lipinski definition) is 1. The van der Waals surface area contributed by atoms with Gasteiger partial charge in [0.05, 0.1) is 0 Å². The van der Waals surface area contributed by atoms with Crippen molar-refractivity contribution in [3.63, 3.8) is 0 Å². The normalized spacial score (nSPS) is 10.7. The molecule has 0 aliphatic carbocycles. The van der Waals surface area contributed by atoms with E-state index in [0.717, 1.165) is 12.0 Å². The third kappa shape index (κ3) is 1.82. The SMILES string of the molecule is CCc1ccc2oc(=O)c(C(=O)O)c(C)c2c1. The van der Waals surface area contributed by atoms with E-state index in [1.54, 1.807) is 13.0 Å². The predicted octanol–water partition coefficient (Wildman–Crippen LogP) is 2.36. The summed E-state index contributed by atoms with van der Waals surface area (Å²) in [5.41, 5.74) is 0.872. The molecule has 1 N–H and O–H groups in total. The molecular weight excluding hydrogens is 220 g/mol. The van der Waals surface area contributed by atoms with Crippen molar-refractivity contribution in [2.45, 2.75) is 20.3 Å². The van der Waals surface area contributed by atoms with Crippen molar-refractivity contribution in [1.82, 2.24) is 0 Å². The molecule has 2 rings (SSSR count). The Kier molecular flexibility index (Phi) is 2.71. The summed E-state index contributed by atoms with van der Waals surface area (Å²) in [6.07, 6.45) is 0.844. The van der Waals surface area contributed by atoms with E-state index < -0.39 is 11.6 Å². The third-order valence-corrected chi connectivity index (χ3v) is 2.85. The van der Waals surface area contributed by atoms with Crippen LogP contribution in [0.3, 0.4) is 0 Å². The summed E-state index contributed by atoms with van der Waals surface area (Å²) in [5, 5.41) is 9.65. The fourth-order valence-corrected chi connectivity index (χ4v) is 1.87. The van der Waals surface area contributed by atoms with Gasteiger partial charge in [-0.25, -0.2) is 9.59 Å². The average molecular weight is 232 g/mol. The minimum Gasteiger partial charge on any atom is -0.477 e. The van der Waals surface area contributed by atoms with Crippen molar-refractivity contribution in [2.24, 2.45) is 0 Å². The Bertz CT molecular complexity index is 652. The van der Waals surface area contributed by atoms with Crippen LogP contribution in [0.5, 0.6) is 0 Å². The number of benzene rings is 1. The number of aromatic carboxylic acids is 1. The molecule has 17 heavy (non-hydrogen) atoms. The van der Waals surface area contributed by atoms with Gasteiger partial charge in [-0.05, 0) is 36.6 Å². The Morgan fingerprint density at radius 1 is 1.41 bits per heavy atom. The monoisotopic (exact) mass is 232 g/mol. The highest BCUT2D eigenvalue weighted by Gasteiger charge is 2.17. The van der Waals surface area contributed by atoms with E-state index in [2.05, 4.69) is 0 Å². The molecule has 1 aromatic carbocycles. The summed E-state index contributed by atoms with van der Waals surface area (Å²) in [4.78, 5) is 22.5. The van der Waals surface area contributed by atoms with E-state index in [4.69, 9.17) is 9.52 Å². The second kappa shape index (κ2) is 4.05. The van der Waals surface area contributed by atoms with Crippen molar-refractivity contribution in [2.75, 3.05) is 0 Å². The minimum absolute atomic E-state index is 0.286. The summed E-state index contributed by atoms with van der Waals surface area (Å²) in [5.74, 6) is -1.25. The van der Waals surface area contributed by atoms with Gasteiger partial charge in [-0.2, -0.15) is 0 Å². The van der Waals surface area contributed by atoms with Crippen molar-refractivity contribution in [3.05, 3.63) is 45.3 Å². The minimum atomic E-state index is -1.25. The molecule has 0 spiro atoms. The van der Waals surface area contributed by atoms with Gasteiger partial charge in [0.1, 0.15) is 11.1 Å². The molecule has 0 atom stereocenters. The van der Waals surface area contributed by atoms with E-state index in [0.29, 0.717) is 16.5 Å². The molecule has 4 nitrogen and oxygen atoms in total. The Morgan fingerprint density at radius 3 is 2.71 bits per heavy atom. The first-order chi connectivity index (χ1) is 8.04. The average Bonchev–Trinajstić information content (AvgIpc) is 2.28. The van der Waals surface area contributed by atoms with Crippen LogP contribution in [0.4, 0.5) is 0 Å². The molecule has 0 radical (unpaired) electrons. The molecule has 1 heterocycles. The second-order valence-corrected chi connectivity index (χ2v) is 3.88. The zero-order valence-electron chi connectivity index (χ0n) is 9.61. The lowest BCUT2D eigenvalue weighted by Gasteiger charge is -2.05. The predicted molar refractivity (Wildman–Crippen MR) is 63.6 cm³/mol. The molecule has 0 fully saturated rings. The van der Waals surface area contributed by atoms with Gasteiger partial charge in [0.2, 0.25) is 0 Å². The standard InChI is InChI=1S/C13H12O4/c1-3-8-4-5-10-9(6-8)7(2)11(12(14)15)13(16)17-10/h4-6H,3H2,1-2H3,(H,14,15). The zero-order chi connectivity index (χ0) is 12.6. The maximum absolute atomic E-state index is 11.5. The van der Waals surface area contributed by atoms with Gasteiger partial charge in [-0.15, -0.1) is 0 Å². The lowest BCUT2D eigenvalue weighted by atomic mass is 10.0. The van der Waals surface area contributed by atoms with Gasteiger partial charge in [-0.3, -0.25) is 0 Å². The fourth-order valence-electron chi connectivity index (χ4n) is 1.87. The van der Waals surface area contributed by atoms with Crippen LogP contribution in [-0.4, -0.2) is 11.1 Å². The van der Waals surface area contributed by atoms with E-state index >= 15 is 0 Å². The molecule has 0 aliphatic rings. The molecule has 2 aromatic rings. The Labute approximate surface area is 97.5 Å². The van der Waals surface area contributed by atoms with Crippen molar-refractivity contribution >= 4 is 16.9 Å². The highest BCUT2D eigenvalue weighted by Crippen LogP contribution is 2.21. The van der Waals surface area contributed by atoms with E-state index in [-0.39, 0.29) is 5.56 Å². The lowest BCUT2D eigenvalue weighted by Crippen LogP contribution is -2.15. The number of carboxylic acid groups (broad SMARTS) is 1. The highest BCUT2D eigenvalue weighted by molar-refractivity contribution is 5.94. The first kappa shape index (κ1) is 11.4. The summed E-state index contributed by atoms with van der Waals surface area (Å²) in [7, 11) is 0. The van der Waals surface area contributed by atoms with Crippen LogP contribution < -0.4 is 5.63 Å². The van der Waals surface area contributed by atoms with Crippen molar-refractivity contribution in [1.29, 1.82) is 0 Å². The van der Waals surface area contributed by atoms with Crippen LogP contribution in [0.25, 0.3) is 11.0 Å². The van der Waals surface area contributed by atoms with Crippen LogP contribution in [-0.2, 0) is 6.42 Å². The smallest absolute Gasteiger partial charge is 0.351 e. The third-order valence-electron chi connectivity index (χ3n) is 2.85. The maximum Gasteiger partial charge on any atom is 0.351 e. The van der Waals surface area contributed by atoms with Crippen LogP contribution in [0.15, 0.2) is 27.4 Å². The van der Waals surface area contributed by atoms with Crippen molar-refractivity contribution in [3.8, 4) is 0 Å². The molecule has 88 valence electrons. The molecule has 0 amide bonds. The summed E-state index contributed by atoms with van der Waals surface area (Å²) < 4.78 is 5.00. The molecular formula is C13H12O4. The quantitative estimate of drug-likeness (QED) is 0.807. The summed E-state index contributed by atoms with van der Waals surface area (Å²) >= 11 is 0. The first-order valence-electron chi connectivity index (χ1n) is 5.34. The lowest BCUT2D eigenvalue weighted by molar-refractivity contribution is 0.0691. The Morgan fingerprint density at radius 2 is 2.12 bits per heavy atom.